The van der Waals surface area contributed by atoms with Crippen LogP contribution in [-0.2, 0) is 15.0 Å². The fourth-order valence-corrected chi connectivity index (χ4v) is 2.37. The molecule has 0 atom stereocenters. The SMILES string of the molecule is O=CNCCCNC(=O)C1(c2cccc(Cl)c2)CC1. The highest BCUT2D eigenvalue weighted by atomic mass is 35.5. The first-order valence-electron chi connectivity index (χ1n) is 6.40. The molecule has 1 aliphatic carbocycles. The minimum atomic E-state index is -0.386. The van der Waals surface area contributed by atoms with Gasteiger partial charge in [0.25, 0.3) is 0 Å². The normalized spacial score (nSPS) is 15.6. The monoisotopic (exact) mass is 280 g/mol. The van der Waals surface area contributed by atoms with Crippen molar-refractivity contribution in [2.24, 2.45) is 0 Å². The van der Waals surface area contributed by atoms with Gasteiger partial charge in [0.2, 0.25) is 12.3 Å². The molecule has 0 aromatic heterocycles. The van der Waals surface area contributed by atoms with Crippen molar-refractivity contribution in [1.82, 2.24) is 10.6 Å². The minimum absolute atomic E-state index is 0.0564. The highest BCUT2D eigenvalue weighted by Crippen LogP contribution is 2.48. The van der Waals surface area contributed by atoms with E-state index in [9.17, 15) is 9.59 Å². The van der Waals surface area contributed by atoms with Gasteiger partial charge in [0, 0.05) is 18.1 Å². The van der Waals surface area contributed by atoms with Gasteiger partial charge in [-0.05, 0) is 37.0 Å². The first-order valence-corrected chi connectivity index (χ1v) is 6.78. The predicted molar refractivity (Wildman–Crippen MR) is 74.1 cm³/mol. The number of benzene rings is 1. The summed E-state index contributed by atoms with van der Waals surface area (Å²) in [5.74, 6) is 0.0564. The van der Waals surface area contributed by atoms with Crippen molar-refractivity contribution in [3.05, 3.63) is 34.9 Å². The van der Waals surface area contributed by atoms with Crippen LogP contribution in [0.4, 0.5) is 0 Å². The summed E-state index contributed by atoms with van der Waals surface area (Å²) in [7, 11) is 0. The van der Waals surface area contributed by atoms with E-state index < -0.39 is 0 Å². The molecule has 0 spiro atoms. The molecule has 0 radical (unpaired) electrons. The van der Waals surface area contributed by atoms with Crippen LogP contribution in [0.5, 0.6) is 0 Å². The highest BCUT2D eigenvalue weighted by molar-refractivity contribution is 6.30. The van der Waals surface area contributed by atoms with Gasteiger partial charge in [0.15, 0.2) is 0 Å². The first kappa shape index (κ1) is 13.9. The van der Waals surface area contributed by atoms with Crippen LogP contribution < -0.4 is 10.6 Å². The molecule has 0 saturated heterocycles. The van der Waals surface area contributed by atoms with E-state index in [0.29, 0.717) is 24.5 Å². The molecule has 1 aliphatic rings. The highest BCUT2D eigenvalue weighted by Gasteiger charge is 2.51. The fraction of sp³-hybridized carbons (Fsp3) is 0.429. The molecule has 4 nitrogen and oxygen atoms in total. The molecule has 0 unspecified atom stereocenters. The van der Waals surface area contributed by atoms with Crippen LogP contribution in [-0.4, -0.2) is 25.4 Å². The Labute approximate surface area is 117 Å². The average molecular weight is 281 g/mol. The molecule has 1 saturated carbocycles. The van der Waals surface area contributed by atoms with Crippen molar-refractivity contribution in [3.8, 4) is 0 Å². The lowest BCUT2D eigenvalue weighted by atomic mass is 9.95. The smallest absolute Gasteiger partial charge is 0.230 e. The summed E-state index contributed by atoms with van der Waals surface area (Å²) < 4.78 is 0. The van der Waals surface area contributed by atoms with E-state index in [1.165, 1.54) is 0 Å². The fourth-order valence-electron chi connectivity index (χ4n) is 2.18. The standard InChI is InChI=1S/C14H17ClN2O2/c15-12-4-1-3-11(9-12)14(5-6-14)13(19)17-8-2-7-16-10-18/h1,3-4,9-10H,2,5-8H2,(H,16,18)(H,17,19). The Hall–Kier alpha value is -1.55. The van der Waals surface area contributed by atoms with Crippen LogP contribution in [0.15, 0.2) is 24.3 Å². The molecule has 5 heteroatoms. The van der Waals surface area contributed by atoms with Crippen LogP contribution in [0.2, 0.25) is 5.02 Å². The zero-order chi connectivity index (χ0) is 13.7. The van der Waals surface area contributed by atoms with E-state index in [2.05, 4.69) is 10.6 Å². The number of hydrogen-bond acceptors (Lipinski definition) is 2. The number of hydrogen-bond donors (Lipinski definition) is 2. The second-order valence-corrected chi connectivity index (χ2v) is 5.21. The van der Waals surface area contributed by atoms with E-state index in [4.69, 9.17) is 11.6 Å². The summed E-state index contributed by atoms with van der Waals surface area (Å²) in [5, 5.41) is 6.15. The number of halogens is 1. The van der Waals surface area contributed by atoms with Gasteiger partial charge in [-0.15, -0.1) is 0 Å². The molecule has 2 rings (SSSR count). The summed E-state index contributed by atoms with van der Waals surface area (Å²) >= 11 is 5.97. The Balaban J connectivity index is 1.90. The van der Waals surface area contributed by atoms with Crippen molar-refractivity contribution in [2.75, 3.05) is 13.1 Å². The number of rotatable bonds is 7. The van der Waals surface area contributed by atoms with E-state index >= 15 is 0 Å². The summed E-state index contributed by atoms with van der Waals surface area (Å²) in [5.41, 5.74) is 0.603. The lowest BCUT2D eigenvalue weighted by Gasteiger charge is -2.16. The van der Waals surface area contributed by atoms with Gasteiger partial charge in [-0.1, -0.05) is 23.7 Å². The summed E-state index contributed by atoms with van der Waals surface area (Å²) in [6.45, 7) is 1.15. The molecule has 102 valence electrons. The Morgan fingerprint density at radius 3 is 2.79 bits per heavy atom. The third-order valence-electron chi connectivity index (χ3n) is 3.43. The van der Waals surface area contributed by atoms with Crippen molar-refractivity contribution < 1.29 is 9.59 Å². The summed E-state index contributed by atoms with van der Waals surface area (Å²) in [6.07, 6.45) is 3.13. The van der Waals surface area contributed by atoms with Crippen molar-refractivity contribution >= 4 is 23.9 Å². The Bertz CT molecular complexity index is 472. The van der Waals surface area contributed by atoms with Crippen LogP contribution in [0, 0.1) is 0 Å². The molecule has 19 heavy (non-hydrogen) atoms. The second-order valence-electron chi connectivity index (χ2n) is 4.77. The maximum absolute atomic E-state index is 12.2. The molecule has 1 fully saturated rings. The van der Waals surface area contributed by atoms with Crippen LogP contribution in [0.25, 0.3) is 0 Å². The van der Waals surface area contributed by atoms with Crippen molar-refractivity contribution in [3.63, 3.8) is 0 Å². The van der Waals surface area contributed by atoms with Gasteiger partial charge >= 0.3 is 0 Å². The zero-order valence-corrected chi connectivity index (χ0v) is 11.4. The lowest BCUT2D eigenvalue weighted by molar-refractivity contribution is -0.123. The van der Waals surface area contributed by atoms with Crippen LogP contribution in [0.1, 0.15) is 24.8 Å². The number of carbonyl (C=O) groups is 2. The van der Waals surface area contributed by atoms with E-state index in [0.717, 1.165) is 24.8 Å². The van der Waals surface area contributed by atoms with Crippen LogP contribution in [0.3, 0.4) is 0 Å². The topological polar surface area (TPSA) is 58.2 Å². The second kappa shape index (κ2) is 6.06. The first-order chi connectivity index (χ1) is 9.19. The van der Waals surface area contributed by atoms with Gasteiger partial charge in [0.05, 0.1) is 5.41 Å². The summed E-state index contributed by atoms with van der Waals surface area (Å²) in [6, 6.07) is 7.50. The van der Waals surface area contributed by atoms with Gasteiger partial charge < -0.3 is 10.6 Å². The minimum Gasteiger partial charge on any atom is -0.359 e. The molecule has 2 amide bonds. The average Bonchev–Trinajstić information content (AvgIpc) is 3.20. The molecular formula is C14H17ClN2O2. The Kier molecular flexibility index (Phi) is 4.43. The van der Waals surface area contributed by atoms with Gasteiger partial charge in [-0.3, -0.25) is 9.59 Å². The molecule has 0 aliphatic heterocycles. The van der Waals surface area contributed by atoms with Crippen LogP contribution >= 0.6 is 11.6 Å². The molecule has 0 bridgehead atoms. The van der Waals surface area contributed by atoms with Crippen molar-refractivity contribution in [2.45, 2.75) is 24.7 Å². The van der Waals surface area contributed by atoms with Gasteiger partial charge in [0.1, 0.15) is 0 Å². The third kappa shape index (κ3) is 3.26. The van der Waals surface area contributed by atoms with Gasteiger partial charge in [-0.2, -0.15) is 0 Å². The maximum atomic E-state index is 12.2. The maximum Gasteiger partial charge on any atom is 0.230 e. The quantitative estimate of drug-likeness (QED) is 0.589. The largest absolute Gasteiger partial charge is 0.359 e. The Morgan fingerprint density at radius 1 is 1.37 bits per heavy atom. The molecule has 0 heterocycles. The summed E-state index contributed by atoms with van der Waals surface area (Å²) in [4.78, 5) is 22.3. The van der Waals surface area contributed by atoms with E-state index in [1.807, 2.05) is 24.3 Å². The van der Waals surface area contributed by atoms with Gasteiger partial charge in [-0.25, -0.2) is 0 Å². The van der Waals surface area contributed by atoms with E-state index in [-0.39, 0.29) is 11.3 Å². The Morgan fingerprint density at radius 2 is 2.16 bits per heavy atom. The molecule has 1 aromatic rings. The molecule has 1 aromatic carbocycles. The lowest BCUT2D eigenvalue weighted by Crippen LogP contribution is -2.36. The third-order valence-corrected chi connectivity index (χ3v) is 3.66. The molecular weight excluding hydrogens is 264 g/mol. The number of nitrogens with one attached hydrogen (secondary N) is 2. The zero-order valence-electron chi connectivity index (χ0n) is 10.6. The van der Waals surface area contributed by atoms with E-state index in [1.54, 1.807) is 0 Å². The predicted octanol–water partition coefficient (Wildman–Crippen LogP) is 1.62. The molecule has 2 N–H and O–H groups in total. The number of amides is 2. The van der Waals surface area contributed by atoms with Crippen molar-refractivity contribution in [1.29, 1.82) is 0 Å². The number of carbonyl (C=O) groups excluding carboxylic acids is 2.